The first-order valence-electron chi connectivity index (χ1n) is 15.6. The lowest BCUT2D eigenvalue weighted by Crippen LogP contribution is -2.43. The average molecular weight is 744 g/mol. The first-order chi connectivity index (χ1) is 22.8. The molecule has 0 aliphatic rings. The summed E-state index contributed by atoms with van der Waals surface area (Å²) < 4.78 is 14.4. The summed E-state index contributed by atoms with van der Waals surface area (Å²) in [4.78, 5) is 38.7. The van der Waals surface area contributed by atoms with Crippen LogP contribution in [0.2, 0.25) is 11.8 Å². The summed E-state index contributed by atoms with van der Waals surface area (Å²) in [7, 11) is 0.910. The molecule has 0 aliphatic heterocycles. The third kappa shape index (κ3) is 17.6. The highest BCUT2D eigenvalue weighted by molar-refractivity contribution is 6.67. The first kappa shape index (κ1) is 41.4. The molecule has 0 heterocycles. The van der Waals surface area contributed by atoms with Crippen LogP contribution in [0.4, 0.5) is 0 Å². The van der Waals surface area contributed by atoms with Crippen LogP contribution < -0.4 is 15.3 Å². The molecule has 9 nitrogen and oxygen atoms in total. The molecular weight excluding hydrogens is 701 g/mol. The van der Waals surface area contributed by atoms with Gasteiger partial charge < -0.3 is 29.8 Å². The van der Waals surface area contributed by atoms with Crippen molar-refractivity contribution in [3.63, 3.8) is 0 Å². The van der Waals surface area contributed by atoms with Gasteiger partial charge in [0.2, 0.25) is 9.70 Å². The zero-order chi connectivity index (χ0) is 35.5. The number of benzene rings is 2. The second-order valence-corrected chi connectivity index (χ2v) is 14.1. The van der Waals surface area contributed by atoms with Crippen LogP contribution in [0.5, 0.6) is 5.75 Å². The van der Waals surface area contributed by atoms with Crippen LogP contribution in [0.25, 0.3) is 6.08 Å². The summed E-state index contributed by atoms with van der Waals surface area (Å²) in [5.41, 5.74) is 1.63. The molecule has 2 unspecified atom stereocenters. The van der Waals surface area contributed by atoms with Crippen molar-refractivity contribution in [1.29, 1.82) is 0 Å². The predicted octanol–water partition coefficient (Wildman–Crippen LogP) is 6.76. The second kappa shape index (κ2) is 22.1. The van der Waals surface area contributed by atoms with Crippen molar-refractivity contribution < 1.29 is 33.6 Å². The lowest BCUT2D eigenvalue weighted by molar-refractivity contribution is -0.150. The number of halogens is 4. The van der Waals surface area contributed by atoms with Crippen molar-refractivity contribution in [3.05, 3.63) is 82.9 Å². The van der Waals surface area contributed by atoms with Crippen molar-refractivity contribution >= 4 is 77.4 Å². The standard InChI is InChI=1S/C34H43BCl4N2O7/c1-24(16-17-25-11-6-4-7-12-25)29(48-32(43)15-8-5-9-20-40-35(2)45)13-10-14-31(42)41-28(33(44)47-23-34(37,38)39)22-26-18-19-30(46-3)27(36)21-26/h4,6-7,10-12,14,16-19,21,24,28-29,40,45H,5,8-9,13,15,20,22-23H2,1-3H3,(H,41,42)/t24-,28?,29?/m1/s1. The number of methoxy groups -OCH3 is 1. The van der Waals surface area contributed by atoms with Gasteiger partial charge in [0, 0.05) is 25.2 Å². The highest BCUT2D eigenvalue weighted by Gasteiger charge is 2.28. The van der Waals surface area contributed by atoms with E-state index in [0.717, 1.165) is 18.4 Å². The third-order valence-electron chi connectivity index (χ3n) is 7.03. The summed E-state index contributed by atoms with van der Waals surface area (Å²) in [6.07, 6.45) is 9.03. The van der Waals surface area contributed by atoms with Gasteiger partial charge in [0.05, 0.1) is 12.1 Å². The predicted molar refractivity (Wildman–Crippen MR) is 193 cm³/mol. The molecule has 2 aromatic carbocycles. The molecule has 14 heteroatoms. The Morgan fingerprint density at radius 2 is 1.79 bits per heavy atom. The maximum Gasteiger partial charge on any atom is 0.373 e. The SMILES string of the molecule is COc1ccc(CC(NC(=O)C=CCC(OC(=O)CCCCCNB(C)O)[C@H](C)C=Cc2ccccc2)C(=O)OCC(Cl)(Cl)Cl)cc1Cl. The Balaban J connectivity index is 2.10. The number of nitrogens with one attached hydrogen (secondary N) is 2. The highest BCUT2D eigenvalue weighted by atomic mass is 35.6. The van der Waals surface area contributed by atoms with Gasteiger partial charge in [-0.25, -0.2) is 4.79 Å². The van der Waals surface area contributed by atoms with Crippen molar-refractivity contribution in [2.75, 3.05) is 20.3 Å². The van der Waals surface area contributed by atoms with E-state index in [-0.39, 0.29) is 31.1 Å². The van der Waals surface area contributed by atoms with Crippen LogP contribution in [0.1, 0.15) is 50.2 Å². The molecule has 0 aliphatic carbocycles. The minimum absolute atomic E-state index is 0.0403. The lowest BCUT2D eigenvalue weighted by atomic mass is 9.89. The van der Waals surface area contributed by atoms with Gasteiger partial charge in [-0.3, -0.25) is 9.59 Å². The molecular formula is C34H43BCl4N2O7. The molecule has 48 heavy (non-hydrogen) atoms. The molecule has 3 atom stereocenters. The average Bonchev–Trinajstić information content (AvgIpc) is 3.03. The smallest absolute Gasteiger partial charge is 0.373 e. The number of carbonyl (C=O) groups excluding carboxylic acids is 3. The number of esters is 2. The Morgan fingerprint density at radius 1 is 1.06 bits per heavy atom. The Hall–Kier alpha value is -2.73. The zero-order valence-electron chi connectivity index (χ0n) is 27.3. The number of alkyl halides is 3. The van der Waals surface area contributed by atoms with Gasteiger partial charge in [-0.2, -0.15) is 0 Å². The Bertz CT molecular complexity index is 1360. The summed E-state index contributed by atoms with van der Waals surface area (Å²) in [5, 5.41) is 15.2. The van der Waals surface area contributed by atoms with Gasteiger partial charge in [0.25, 0.3) is 0 Å². The molecule has 1 amide bonds. The van der Waals surface area contributed by atoms with E-state index < -0.39 is 41.5 Å². The first-order valence-corrected chi connectivity index (χ1v) is 17.2. The Morgan fingerprint density at radius 3 is 2.44 bits per heavy atom. The molecule has 0 bridgehead atoms. The second-order valence-electron chi connectivity index (χ2n) is 11.2. The van der Waals surface area contributed by atoms with Gasteiger partial charge >= 0.3 is 19.0 Å². The van der Waals surface area contributed by atoms with Crippen molar-refractivity contribution in [1.82, 2.24) is 10.5 Å². The number of amides is 1. The van der Waals surface area contributed by atoms with Crippen molar-refractivity contribution in [3.8, 4) is 5.75 Å². The fourth-order valence-corrected chi connectivity index (χ4v) is 4.92. The molecule has 0 radical (unpaired) electrons. The molecule has 2 rings (SSSR count). The summed E-state index contributed by atoms with van der Waals surface area (Å²) in [6, 6.07) is 13.6. The fourth-order valence-electron chi connectivity index (χ4n) is 4.48. The normalized spacial score (nSPS) is 13.6. The molecule has 2 aromatic rings. The zero-order valence-corrected chi connectivity index (χ0v) is 30.3. The monoisotopic (exact) mass is 742 g/mol. The van der Waals surface area contributed by atoms with E-state index in [9.17, 15) is 19.4 Å². The van der Waals surface area contributed by atoms with Crippen LogP contribution >= 0.6 is 46.4 Å². The molecule has 0 aromatic heterocycles. The van der Waals surface area contributed by atoms with E-state index in [1.165, 1.54) is 13.2 Å². The summed E-state index contributed by atoms with van der Waals surface area (Å²) >= 11 is 23.5. The number of rotatable bonds is 20. The van der Waals surface area contributed by atoms with Gasteiger partial charge in [-0.15, -0.1) is 0 Å². The quantitative estimate of drug-likeness (QED) is 0.0448. The van der Waals surface area contributed by atoms with E-state index in [4.69, 9.17) is 60.6 Å². The van der Waals surface area contributed by atoms with Crippen LogP contribution in [-0.4, -0.2) is 66.1 Å². The van der Waals surface area contributed by atoms with Crippen molar-refractivity contribution in [2.45, 2.75) is 68.2 Å². The van der Waals surface area contributed by atoms with Crippen molar-refractivity contribution in [2.24, 2.45) is 5.92 Å². The van der Waals surface area contributed by atoms with Crippen LogP contribution in [-0.2, 0) is 30.3 Å². The van der Waals surface area contributed by atoms with Crippen LogP contribution in [0, 0.1) is 5.92 Å². The van der Waals surface area contributed by atoms with E-state index >= 15 is 0 Å². The maximum absolute atomic E-state index is 13.0. The Kier molecular flexibility index (Phi) is 19.1. The molecule has 0 saturated heterocycles. The molecule has 0 saturated carbocycles. The van der Waals surface area contributed by atoms with Gasteiger partial charge in [0.15, 0.2) is 0 Å². The Labute approximate surface area is 303 Å². The van der Waals surface area contributed by atoms with Gasteiger partial charge in [0.1, 0.15) is 24.5 Å². The highest BCUT2D eigenvalue weighted by Crippen LogP contribution is 2.27. The number of ether oxygens (including phenoxy) is 3. The topological polar surface area (TPSA) is 123 Å². The minimum atomic E-state index is -1.83. The van der Waals surface area contributed by atoms with E-state index in [1.807, 2.05) is 49.4 Å². The van der Waals surface area contributed by atoms with Crippen LogP contribution in [0.3, 0.4) is 0 Å². The summed E-state index contributed by atoms with van der Waals surface area (Å²) in [6.45, 7) is 3.73. The van der Waals surface area contributed by atoms with E-state index in [2.05, 4.69) is 10.5 Å². The molecule has 3 N–H and O–H groups in total. The lowest BCUT2D eigenvalue weighted by Gasteiger charge is -2.21. The maximum atomic E-state index is 13.0. The minimum Gasteiger partial charge on any atom is -0.495 e. The van der Waals surface area contributed by atoms with Gasteiger partial charge in [-0.05, 0) is 55.5 Å². The third-order valence-corrected chi connectivity index (χ3v) is 7.65. The summed E-state index contributed by atoms with van der Waals surface area (Å²) in [5.74, 6) is -1.44. The number of hydrogen-bond donors (Lipinski definition) is 3. The van der Waals surface area contributed by atoms with E-state index in [0.29, 0.717) is 29.3 Å². The molecule has 0 fully saturated rings. The number of carbonyl (C=O) groups is 3. The molecule has 262 valence electrons. The van der Waals surface area contributed by atoms with E-state index in [1.54, 1.807) is 31.1 Å². The number of unbranched alkanes of at least 4 members (excludes halogenated alkanes) is 2. The van der Waals surface area contributed by atoms with Gasteiger partial charge in [-0.1, -0.05) is 114 Å². The fraction of sp³-hybridized carbons (Fsp3) is 0.441. The number of hydrogen-bond acceptors (Lipinski definition) is 8. The van der Waals surface area contributed by atoms with Crippen LogP contribution in [0.15, 0.2) is 66.8 Å². The molecule has 0 spiro atoms. The largest absolute Gasteiger partial charge is 0.495 e.